The summed E-state index contributed by atoms with van der Waals surface area (Å²) in [6.45, 7) is 2.98. The molecule has 1 aliphatic carbocycles. The second kappa shape index (κ2) is 10.5. The van der Waals surface area contributed by atoms with Crippen molar-refractivity contribution in [2.45, 2.75) is 64.7 Å². The van der Waals surface area contributed by atoms with Crippen LogP contribution in [0.3, 0.4) is 0 Å². The maximum absolute atomic E-state index is 11.1. The Bertz CT molecular complexity index is 334. The van der Waals surface area contributed by atoms with E-state index in [1.807, 2.05) is 18.2 Å². The lowest BCUT2D eigenvalue weighted by atomic mass is 9.99. The van der Waals surface area contributed by atoms with Crippen LogP contribution >= 0.6 is 0 Å². The van der Waals surface area contributed by atoms with E-state index in [4.69, 9.17) is 10.5 Å². The van der Waals surface area contributed by atoms with Crippen LogP contribution in [0.1, 0.15) is 64.7 Å². The van der Waals surface area contributed by atoms with E-state index in [1.165, 1.54) is 44.9 Å². The fourth-order valence-corrected chi connectivity index (χ4v) is 2.37. The lowest BCUT2D eigenvalue weighted by Gasteiger charge is -2.14. The highest BCUT2D eigenvalue weighted by atomic mass is 16.5. The standard InChI is InChI=1S/C17H29NO2/c1-2-3-4-5-6-7-8-9-13-20-16-12-10-11-15(14-16)17(18)19/h10,12,14-15H,2-9,11,13H2,1H3,(H2,18,19). The zero-order chi connectivity index (χ0) is 14.6. The Kier molecular flexibility index (Phi) is 8.84. The van der Waals surface area contributed by atoms with E-state index >= 15 is 0 Å². The molecule has 1 aliphatic rings. The largest absolute Gasteiger partial charge is 0.494 e. The number of unbranched alkanes of at least 4 members (excludes halogenated alkanes) is 7. The second-order valence-corrected chi connectivity index (χ2v) is 5.54. The Labute approximate surface area is 123 Å². The summed E-state index contributed by atoms with van der Waals surface area (Å²) in [4.78, 5) is 11.1. The molecule has 114 valence electrons. The minimum Gasteiger partial charge on any atom is -0.494 e. The topological polar surface area (TPSA) is 52.3 Å². The number of ether oxygens (including phenoxy) is 1. The van der Waals surface area contributed by atoms with Crippen LogP contribution in [0.2, 0.25) is 0 Å². The van der Waals surface area contributed by atoms with Crippen molar-refractivity contribution in [2.24, 2.45) is 11.7 Å². The number of primary amides is 1. The quantitative estimate of drug-likeness (QED) is 0.579. The van der Waals surface area contributed by atoms with Gasteiger partial charge in [0.25, 0.3) is 0 Å². The highest BCUT2D eigenvalue weighted by Gasteiger charge is 2.15. The number of hydrogen-bond acceptors (Lipinski definition) is 2. The van der Waals surface area contributed by atoms with Gasteiger partial charge in [-0.2, -0.15) is 0 Å². The summed E-state index contributed by atoms with van der Waals surface area (Å²) >= 11 is 0. The van der Waals surface area contributed by atoms with Crippen LogP contribution < -0.4 is 5.73 Å². The fraction of sp³-hybridized carbons (Fsp3) is 0.706. The zero-order valence-corrected chi connectivity index (χ0v) is 12.8. The summed E-state index contributed by atoms with van der Waals surface area (Å²) in [6.07, 6.45) is 16.8. The molecule has 0 fully saturated rings. The summed E-state index contributed by atoms with van der Waals surface area (Å²) in [5.41, 5.74) is 5.30. The first kappa shape index (κ1) is 16.8. The molecule has 0 aliphatic heterocycles. The average molecular weight is 279 g/mol. The molecular formula is C17H29NO2. The number of amides is 1. The Morgan fingerprint density at radius 3 is 2.50 bits per heavy atom. The van der Waals surface area contributed by atoms with Crippen LogP contribution in [-0.4, -0.2) is 12.5 Å². The number of carbonyl (C=O) groups is 1. The summed E-state index contributed by atoms with van der Waals surface area (Å²) in [6, 6.07) is 0. The number of rotatable bonds is 11. The Balaban J connectivity index is 2.01. The Hall–Kier alpha value is -1.25. The minimum absolute atomic E-state index is 0.200. The van der Waals surface area contributed by atoms with Crippen molar-refractivity contribution >= 4 is 5.91 Å². The van der Waals surface area contributed by atoms with Gasteiger partial charge < -0.3 is 10.5 Å². The first-order valence-corrected chi connectivity index (χ1v) is 8.04. The van der Waals surface area contributed by atoms with Gasteiger partial charge in [0.05, 0.1) is 12.5 Å². The van der Waals surface area contributed by atoms with Gasteiger partial charge in [0.1, 0.15) is 5.76 Å². The molecule has 2 N–H and O–H groups in total. The molecule has 20 heavy (non-hydrogen) atoms. The third kappa shape index (κ3) is 7.37. The fourth-order valence-electron chi connectivity index (χ4n) is 2.37. The molecule has 0 spiro atoms. The first-order chi connectivity index (χ1) is 9.74. The van der Waals surface area contributed by atoms with Gasteiger partial charge in [-0.25, -0.2) is 0 Å². The maximum atomic E-state index is 11.1. The SMILES string of the molecule is CCCCCCCCCCOC1=CC(C(N)=O)CC=C1. The predicted octanol–water partition coefficient (Wildman–Crippen LogP) is 4.09. The van der Waals surface area contributed by atoms with Gasteiger partial charge in [-0.1, -0.05) is 57.9 Å². The van der Waals surface area contributed by atoms with Crippen molar-refractivity contribution in [3.8, 4) is 0 Å². The van der Waals surface area contributed by atoms with E-state index in [0.29, 0.717) is 6.42 Å². The third-order valence-corrected chi connectivity index (χ3v) is 3.67. The van der Waals surface area contributed by atoms with Crippen molar-refractivity contribution < 1.29 is 9.53 Å². The number of carbonyl (C=O) groups excluding carboxylic acids is 1. The summed E-state index contributed by atoms with van der Waals surface area (Å²) in [7, 11) is 0. The van der Waals surface area contributed by atoms with Crippen LogP contribution in [0.25, 0.3) is 0 Å². The van der Waals surface area contributed by atoms with Crippen LogP contribution in [0.15, 0.2) is 24.0 Å². The molecule has 0 bridgehead atoms. The highest BCUT2D eigenvalue weighted by molar-refractivity contribution is 5.79. The van der Waals surface area contributed by atoms with Gasteiger partial charge in [-0.15, -0.1) is 0 Å². The molecule has 0 saturated carbocycles. The third-order valence-electron chi connectivity index (χ3n) is 3.67. The van der Waals surface area contributed by atoms with Gasteiger partial charge >= 0.3 is 0 Å². The Morgan fingerprint density at radius 2 is 1.85 bits per heavy atom. The van der Waals surface area contributed by atoms with Gasteiger partial charge in [0, 0.05) is 0 Å². The van der Waals surface area contributed by atoms with E-state index < -0.39 is 0 Å². The average Bonchev–Trinajstić information content (AvgIpc) is 2.46. The zero-order valence-electron chi connectivity index (χ0n) is 12.8. The molecule has 0 aromatic rings. The monoisotopic (exact) mass is 279 g/mol. The highest BCUT2D eigenvalue weighted by Crippen LogP contribution is 2.17. The van der Waals surface area contributed by atoms with E-state index in [2.05, 4.69) is 6.92 Å². The van der Waals surface area contributed by atoms with Gasteiger partial charge in [0.15, 0.2) is 0 Å². The van der Waals surface area contributed by atoms with E-state index in [-0.39, 0.29) is 11.8 Å². The van der Waals surface area contributed by atoms with Crippen LogP contribution in [0, 0.1) is 5.92 Å². The van der Waals surface area contributed by atoms with E-state index in [9.17, 15) is 4.79 Å². The molecule has 1 rings (SSSR count). The van der Waals surface area contributed by atoms with Gasteiger partial charge in [0.2, 0.25) is 5.91 Å². The summed E-state index contributed by atoms with van der Waals surface area (Å²) in [5.74, 6) is 0.319. The van der Waals surface area contributed by atoms with Crippen molar-refractivity contribution in [1.82, 2.24) is 0 Å². The number of nitrogens with two attached hydrogens (primary N) is 1. The molecule has 0 aromatic carbocycles. The molecular weight excluding hydrogens is 250 g/mol. The van der Waals surface area contributed by atoms with Gasteiger partial charge in [-0.3, -0.25) is 4.79 Å². The molecule has 0 radical (unpaired) electrons. The summed E-state index contributed by atoms with van der Waals surface area (Å²) in [5, 5.41) is 0. The predicted molar refractivity (Wildman–Crippen MR) is 83.1 cm³/mol. The number of hydrogen-bond donors (Lipinski definition) is 1. The molecule has 1 amide bonds. The van der Waals surface area contributed by atoms with Crippen molar-refractivity contribution in [2.75, 3.05) is 6.61 Å². The van der Waals surface area contributed by atoms with Crippen LogP contribution in [0.4, 0.5) is 0 Å². The molecule has 3 nitrogen and oxygen atoms in total. The lowest BCUT2D eigenvalue weighted by Crippen LogP contribution is -2.22. The van der Waals surface area contributed by atoms with E-state index in [1.54, 1.807) is 0 Å². The molecule has 0 saturated heterocycles. The summed E-state index contributed by atoms with van der Waals surface area (Å²) < 4.78 is 5.67. The maximum Gasteiger partial charge on any atom is 0.224 e. The van der Waals surface area contributed by atoms with Crippen molar-refractivity contribution in [3.05, 3.63) is 24.0 Å². The van der Waals surface area contributed by atoms with Crippen molar-refractivity contribution in [3.63, 3.8) is 0 Å². The first-order valence-electron chi connectivity index (χ1n) is 8.04. The molecule has 0 heterocycles. The lowest BCUT2D eigenvalue weighted by molar-refractivity contribution is -0.120. The molecule has 1 unspecified atom stereocenters. The van der Waals surface area contributed by atoms with Crippen LogP contribution in [0.5, 0.6) is 0 Å². The second-order valence-electron chi connectivity index (χ2n) is 5.54. The minimum atomic E-state index is -0.275. The number of allylic oxidation sites excluding steroid dienone is 2. The smallest absolute Gasteiger partial charge is 0.224 e. The normalized spacial score (nSPS) is 17.9. The Morgan fingerprint density at radius 1 is 1.20 bits per heavy atom. The molecule has 1 atom stereocenters. The molecule has 0 aromatic heterocycles. The van der Waals surface area contributed by atoms with Gasteiger partial charge in [-0.05, 0) is 25.0 Å². The molecule has 3 heteroatoms. The van der Waals surface area contributed by atoms with E-state index in [0.717, 1.165) is 18.8 Å². The van der Waals surface area contributed by atoms with Crippen LogP contribution in [-0.2, 0) is 9.53 Å². The van der Waals surface area contributed by atoms with Crippen molar-refractivity contribution in [1.29, 1.82) is 0 Å².